The molecular formula is C12H24BrNO. The van der Waals surface area contributed by atoms with E-state index in [-0.39, 0.29) is 5.91 Å². The number of halogens is 1. The molecule has 0 aliphatic rings. The molecule has 15 heavy (non-hydrogen) atoms. The van der Waals surface area contributed by atoms with Gasteiger partial charge < -0.3 is 5.32 Å². The van der Waals surface area contributed by atoms with Gasteiger partial charge in [0.25, 0.3) is 0 Å². The lowest BCUT2D eigenvalue weighted by Crippen LogP contribution is -2.24. The minimum Gasteiger partial charge on any atom is -0.356 e. The molecule has 0 bridgehead atoms. The molecule has 0 heterocycles. The second-order valence-electron chi connectivity index (χ2n) is 4.21. The summed E-state index contributed by atoms with van der Waals surface area (Å²) >= 11 is 3.45. The number of unbranched alkanes of at least 4 members (excludes halogenated alkanes) is 2. The minimum atomic E-state index is 0.218. The summed E-state index contributed by atoms with van der Waals surface area (Å²) in [4.78, 5) is 11.3. The molecule has 0 spiro atoms. The van der Waals surface area contributed by atoms with E-state index in [1.54, 1.807) is 0 Å². The van der Waals surface area contributed by atoms with Crippen LogP contribution in [0.5, 0.6) is 0 Å². The Morgan fingerprint density at radius 3 is 2.67 bits per heavy atom. The summed E-state index contributed by atoms with van der Waals surface area (Å²) in [6.07, 6.45) is 6.33. The molecule has 0 fully saturated rings. The molecule has 1 atom stereocenters. The molecule has 1 amide bonds. The van der Waals surface area contributed by atoms with Crippen molar-refractivity contribution in [2.45, 2.75) is 52.4 Å². The van der Waals surface area contributed by atoms with Crippen LogP contribution >= 0.6 is 15.9 Å². The fourth-order valence-corrected chi connectivity index (χ4v) is 1.70. The first-order valence-corrected chi connectivity index (χ1v) is 7.15. The Balaban J connectivity index is 3.23. The highest BCUT2D eigenvalue weighted by atomic mass is 79.9. The lowest BCUT2D eigenvalue weighted by Gasteiger charge is -2.08. The van der Waals surface area contributed by atoms with E-state index in [1.807, 2.05) is 0 Å². The molecule has 0 aliphatic heterocycles. The monoisotopic (exact) mass is 277 g/mol. The van der Waals surface area contributed by atoms with Crippen molar-refractivity contribution >= 4 is 21.8 Å². The first kappa shape index (κ1) is 14.9. The maximum atomic E-state index is 11.3. The van der Waals surface area contributed by atoms with E-state index >= 15 is 0 Å². The summed E-state index contributed by atoms with van der Waals surface area (Å²) in [5, 5.41) is 4.02. The molecule has 0 saturated heterocycles. The average molecular weight is 278 g/mol. The molecule has 0 saturated carbocycles. The Kier molecular flexibility index (Phi) is 10.4. The van der Waals surface area contributed by atoms with Gasteiger partial charge in [-0.1, -0.05) is 42.6 Å². The Hall–Kier alpha value is -0.0500. The predicted molar refractivity (Wildman–Crippen MR) is 69.3 cm³/mol. The second kappa shape index (κ2) is 10.5. The Labute approximate surface area is 102 Å². The first-order valence-electron chi connectivity index (χ1n) is 6.03. The van der Waals surface area contributed by atoms with E-state index in [4.69, 9.17) is 0 Å². The number of carbonyl (C=O) groups excluding carboxylic acids is 1. The van der Waals surface area contributed by atoms with Crippen LogP contribution in [0, 0.1) is 5.92 Å². The predicted octanol–water partition coefficient (Wildman–Crippen LogP) is 3.49. The SMILES string of the molecule is CCCCCC(=O)NCCCC(C)CBr. The van der Waals surface area contributed by atoms with Gasteiger partial charge in [0.15, 0.2) is 0 Å². The Morgan fingerprint density at radius 1 is 1.33 bits per heavy atom. The van der Waals surface area contributed by atoms with E-state index in [2.05, 4.69) is 35.1 Å². The normalized spacial score (nSPS) is 12.5. The van der Waals surface area contributed by atoms with Gasteiger partial charge in [-0.3, -0.25) is 4.79 Å². The molecule has 90 valence electrons. The Morgan fingerprint density at radius 2 is 2.07 bits per heavy atom. The van der Waals surface area contributed by atoms with Crippen molar-refractivity contribution in [2.75, 3.05) is 11.9 Å². The zero-order valence-electron chi connectivity index (χ0n) is 10.0. The van der Waals surface area contributed by atoms with Gasteiger partial charge in [0.05, 0.1) is 0 Å². The average Bonchev–Trinajstić information content (AvgIpc) is 2.24. The first-order chi connectivity index (χ1) is 7.20. The van der Waals surface area contributed by atoms with Gasteiger partial charge in [0.1, 0.15) is 0 Å². The maximum Gasteiger partial charge on any atom is 0.219 e. The van der Waals surface area contributed by atoms with Crippen LogP contribution < -0.4 is 5.32 Å². The highest BCUT2D eigenvalue weighted by Gasteiger charge is 2.01. The number of nitrogens with one attached hydrogen (secondary N) is 1. The molecule has 0 aromatic heterocycles. The van der Waals surface area contributed by atoms with Crippen molar-refractivity contribution in [1.82, 2.24) is 5.32 Å². The zero-order chi connectivity index (χ0) is 11.5. The number of carbonyl (C=O) groups is 1. The van der Waals surface area contributed by atoms with Crippen molar-refractivity contribution in [3.63, 3.8) is 0 Å². The number of alkyl halides is 1. The fraction of sp³-hybridized carbons (Fsp3) is 0.917. The molecular weight excluding hydrogens is 254 g/mol. The third kappa shape index (κ3) is 10.2. The van der Waals surface area contributed by atoms with Crippen LogP contribution in [-0.2, 0) is 4.79 Å². The van der Waals surface area contributed by atoms with Crippen molar-refractivity contribution in [3.8, 4) is 0 Å². The topological polar surface area (TPSA) is 29.1 Å². The minimum absolute atomic E-state index is 0.218. The van der Waals surface area contributed by atoms with Crippen molar-refractivity contribution in [3.05, 3.63) is 0 Å². The van der Waals surface area contributed by atoms with E-state index in [0.717, 1.165) is 31.1 Å². The number of hydrogen-bond donors (Lipinski definition) is 1. The molecule has 0 aromatic carbocycles. The van der Waals surface area contributed by atoms with Gasteiger partial charge in [-0.2, -0.15) is 0 Å². The molecule has 0 aliphatic carbocycles. The summed E-state index contributed by atoms with van der Waals surface area (Å²) in [5.41, 5.74) is 0. The highest BCUT2D eigenvalue weighted by Crippen LogP contribution is 2.07. The van der Waals surface area contributed by atoms with Gasteiger partial charge in [-0.25, -0.2) is 0 Å². The summed E-state index contributed by atoms with van der Waals surface area (Å²) < 4.78 is 0. The van der Waals surface area contributed by atoms with Crippen LogP contribution in [0.3, 0.4) is 0 Å². The van der Waals surface area contributed by atoms with Gasteiger partial charge in [0.2, 0.25) is 5.91 Å². The lowest BCUT2D eigenvalue weighted by atomic mass is 10.1. The number of amides is 1. The molecule has 0 rings (SSSR count). The van der Waals surface area contributed by atoms with Gasteiger partial charge in [-0.15, -0.1) is 0 Å². The standard InChI is InChI=1S/C12H24BrNO/c1-3-4-5-8-12(15)14-9-6-7-11(2)10-13/h11H,3-10H2,1-2H3,(H,14,15). The number of rotatable bonds is 9. The van der Waals surface area contributed by atoms with E-state index in [1.165, 1.54) is 12.8 Å². The van der Waals surface area contributed by atoms with Crippen LogP contribution in [0.15, 0.2) is 0 Å². The molecule has 2 nitrogen and oxygen atoms in total. The highest BCUT2D eigenvalue weighted by molar-refractivity contribution is 9.09. The van der Waals surface area contributed by atoms with Crippen LogP contribution in [0.4, 0.5) is 0 Å². The largest absolute Gasteiger partial charge is 0.356 e. The second-order valence-corrected chi connectivity index (χ2v) is 4.86. The summed E-state index contributed by atoms with van der Waals surface area (Å²) in [6, 6.07) is 0. The summed E-state index contributed by atoms with van der Waals surface area (Å²) in [5.74, 6) is 0.928. The molecule has 0 radical (unpaired) electrons. The third-order valence-electron chi connectivity index (χ3n) is 2.47. The molecule has 1 unspecified atom stereocenters. The van der Waals surface area contributed by atoms with Crippen LogP contribution in [0.2, 0.25) is 0 Å². The van der Waals surface area contributed by atoms with Crippen molar-refractivity contribution < 1.29 is 4.79 Å². The third-order valence-corrected chi connectivity index (χ3v) is 3.57. The smallest absolute Gasteiger partial charge is 0.219 e. The van der Waals surface area contributed by atoms with Gasteiger partial charge in [0, 0.05) is 18.3 Å². The van der Waals surface area contributed by atoms with Crippen LogP contribution in [-0.4, -0.2) is 17.8 Å². The molecule has 1 N–H and O–H groups in total. The maximum absolute atomic E-state index is 11.3. The summed E-state index contributed by atoms with van der Waals surface area (Å²) in [7, 11) is 0. The van der Waals surface area contributed by atoms with Gasteiger partial charge >= 0.3 is 0 Å². The van der Waals surface area contributed by atoms with Crippen molar-refractivity contribution in [2.24, 2.45) is 5.92 Å². The number of hydrogen-bond acceptors (Lipinski definition) is 1. The lowest BCUT2D eigenvalue weighted by molar-refractivity contribution is -0.121. The van der Waals surface area contributed by atoms with E-state index in [0.29, 0.717) is 12.3 Å². The molecule has 3 heteroatoms. The van der Waals surface area contributed by atoms with Crippen LogP contribution in [0.1, 0.15) is 52.4 Å². The van der Waals surface area contributed by atoms with Gasteiger partial charge in [-0.05, 0) is 25.2 Å². The molecule has 0 aromatic rings. The Bertz CT molecular complexity index is 162. The van der Waals surface area contributed by atoms with Crippen LogP contribution in [0.25, 0.3) is 0 Å². The van der Waals surface area contributed by atoms with E-state index in [9.17, 15) is 4.79 Å². The summed E-state index contributed by atoms with van der Waals surface area (Å²) in [6.45, 7) is 5.21. The fourth-order valence-electron chi connectivity index (χ4n) is 1.38. The van der Waals surface area contributed by atoms with E-state index < -0.39 is 0 Å². The van der Waals surface area contributed by atoms with Crippen molar-refractivity contribution in [1.29, 1.82) is 0 Å². The quantitative estimate of drug-likeness (QED) is 0.507. The zero-order valence-corrected chi connectivity index (χ0v) is 11.6.